The summed E-state index contributed by atoms with van der Waals surface area (Å²) in [6, 6.07) is 15.1. The van der Waals surface area contributed by atoms with Crippen molar-refractivity contribution in [1.82, 2.24) is 4.57 Å². The van der Waals surface area contributed by atoms with Crippen LogP contribution in [0.1, 0.15) is 18.3 Å². The lowest BCUT2D eigenvalue weighted by molar-refractivity contribution is -0.667. The maximum atomic E-state index is 12.7. The highest BCUT2D eigenvalue weighted by Gasteiger charge is 2.45. The number of aliphatic carboxylic acids is 2. The minimum Gasteiger partial charge on any atom is -0.542 e. The predicted octanol–water partition coefficient (Wildman–Crippen LogP) is 4.24. The van der Waals surface area contributed by atoms with Crippen molar-refractivity contribution >= 4 is 28.7 Å². The number of imidazole rings is 1. The number of halogens is 9. The van der Waals surface area contributed by atoms with Gasteiger partial charge in [-0.2, -0.15) is 39.5 Å². The minimum absolute atomic E-state index is 0.576. The van der Waals surface area contributed by atoms with Gasteiger partial charge < -0.3 is 20.3 Å². The molecule has 0 fully saturated rings. The first-order valence-electron chi connectivity index (χ1n) is 10.5. The van der Waals surface area contributed by atoms with E-state index in [1.807, 2.05) is 13.1 Å². The van der Waals surface area contributed by atoms with E-state index in [-0.39, 0.29) is 0 Å². The molecular formula is C23H24F9N3O4. The molecule has 0 radical (unpaired) electrons. The summed E-state index contributed by atoms with van der Waals surface area (Å²) >= 11 is 0. The zero-order chi connectivity index (χ0) is 30.8. The topological polar surface area (TPSA) is 98.3 Å². The number of alkyl halides is 9. The van der Waals surface area contributed by atoms with Crippen molar-refractivity contribution in [2.24, 2.45) is 14.1 Å². The molecule has 1 heterocycles. The second-order valence-corrected chi connectivity index (χ2v) is 7.28. The van der Waals surface area contributed by atoms with Gasteiger partial charge in [0.05, 0.1) is 14.1 Å². The van der Waals surface area contributed by atoms with E-state index in [0.717, 1.165) is 15.6 Å². The summed E-state index contributed by atoms with van der Waals surface area (Å²) < 4.78 is 104. The number of nitrogens with one attached hydrogen (secondary N) is 1. The van der Waals surface area contributed by atoms with Crippen LogP contribution in [0.5, 0.6) is 0 Å². The summed E-state index contributed by atoms with van der Waals surface area (Å²) in [6.45, 7) is 2.16. The smallest absolute Gasteiger partial charge is 0.495 e. The summed E-state index contributed by atoms with van der Waals surface area (Å²) in [5, 5.41) is 19.1. The molecule has 2 aromatic carbocycles. The SMILES string of the molecule is CCc1ccccc1NC.Cn1c(C(F)(F)F)[n+](C)c2ccccc21.O=C(O)C(F)(F)F.O=C([O-])C(F)(F)F. The largest absolute Gasteiger partial charge is 0.542 e. The van der Waals surface area contributed by atoms with Crippen LogP contribution in [-0.2, 0) is 36.3 Å². The first kappa shape index (κ1) is 35.0. The summed E-state index contributed by atoms with van der Waals surface area (Å²) in [5.74, 6) is -6.41. The van der Waals surface area contributed by atoms with Crippen LogP contribution >= 0.6 is 0 Å². The molecule has 0 aliphatic rings. The normalized spacial score (nSPS) is 11.2. The molecular weight excluding hydrogens is 553 g/mol. The van der Waals surface area contributed by atoms with E-state index in [1.165, 1.54) is 25.3 Å². The fraction of sp³-hybridized carbons (Fsp3) is 0.348. The molecule has 0 aliphatic heterocycles. The highest BCUT2D eigenvalue weighted by atomic mass is 19.4. The zero-order valence-corrected chi connectivity index (χ0v) is 20.8. The molecule has 0 amide bonds. The van der Waals surface area contributed by atoms with Gasteiger partial charge in [0.15, 0.2) is 11.0 Å². The second-order valence-electron chi connectivity index (χ2n) is 7.28. The maximum Gasteiger partial charge on any atom is 0.495 e. The lowest BCUT2D eigenvalue weighted by atomic mass is 10.1. The van der Waals surface area contributed by atoms with Crippen LogP contribution in [0.2, 0.25) is 0 Å². The molecule has 39 heavy (non-hydrogen) atoms. The van der Waals surface area contributed by atoms with Crippen LogP contribution in [0.3, 0.4) is 0 Å². The number of anilines is 1. The van der Waals surface area contributed by atoms with E-state index in [9.17, 15) is 39.5 Å². The molecule has 0 unspecified atom stereocenters. The third-order valence-electron chi connectivity index (χ3n) is 4.63. The molecule has 2 N–H and O–H groups in total. The maximum absolute atomic E-state index is 12.7. The number of benzene rings is 2. The van der Waals surface area contributed by atoms with E-state index < -0.39 is 36.3 Å². The van der Waals surface area contributed by atoms with Crippen molar-refractivity contribution in [3.8, 4) is 0 Å². The lowest BCUT2D eigenvalue weighted by Crippen LogP contribution is -2.37. The summed E-state index contributed by atoms with van der Waals surface area (Å²) in [6.07, 6.45) is -13.5. The Balaban J connectivity index is 0.000000527. The first-order chi connectivity index (χ1) is 17.7. The molecule has 0 bridgehead atoms. The van der Waals surface area contributed by atoms with Gasteiger partial charge in [-0.25, -0.2) is 13.9 Å². The number of hydrogen-bond donors (Lipinski definition) is 2. The van der Waals surface area contributed by atoms with Crippen LogP contribution in [0.15, 0.2) is 48.5 Å². The monoisotopic (exact) mass is 577 g/mol. The number of aryl methyl sites for hydroxylation is 3. The molecule has 7 nitrogen and oxygen atoms in total. The van der Waals surface area contributed by atoms with Crippen molar-refractivity contribution in [2.75, 3.05) is 12.4 Å². The van der Waals surface area contributed by atoms with Gasteiger partial charge in [0, 0.05) is 12.7 Å². The molecule has 3 rings (SSSR count). The Bertz CT molecular complexity index is 1150. The minimum atomic E-state index is -5.19. The van der Waals surface area contributed by atoms with E-state index in [0.29, 0.717) is 11.0 Å². The summed E-state index contributed by atoms with van der Waals surface area (Å²) in [7, 11) is 4.80. The Morgan fingerprint density at radius 1 is 0.923 bits per heavy atom. The Hall–Kier alpha value is -3.98. The van der Waals surface area contributed by atoms with Gasteiger partial charge in [-0.05, 0) is 30.2 Å². The Morgan fingerprint density at radius 3 is 1.69 bits per heavy atom. The van der Waals surface area contributed by atoms with Gasteiger partial charge in [0.1, 0.15) is 5.97 Å². The number of nitrogens with zero attached hydrogens (tertiary/aromatic N) is 2. The number of carbonyl (C=O) groups excluding carboxylic acids is 1. The zero-order valence-electron chi connectivity index (χ0n) is 20.8. The molecule has 0 spiro atoms. The van der Waals surface area contributed by atoms with Gasteiger partial charge in [-0.15, -0.1) is 0 Å². The van der Waals surface area contributed by atoms with Crippen molar-refractivity contribution in [3.05, 3.63) is 59.9 Å². The summed E-state index contributed by atoms with van der Waals surface area (Å²) in [5.41, 5.74) is 3.77. The van der Waals surface area contributed by atoms with Crippen LogP contribution in [0, 0.1) is 0 Å². The van der Waals surface area contributed by atoms with E-state index in [4.69, 9.17) is 19.8 Å². The highest BCUT2D eigenvalue weighted by Crippen LogP contribution is 2.29. The Morgan fingerprint density at radius 2 is 1.36 bits per heavy atom. The predicted molar refractivity (Wildman–Crippen MR) is 119 cm³/mol. The van der Waals surface area contributed by atoms with Crippen molar-refractivity contribution in [3.63, 3.8) is 0 Å². The quantitative estimate of drug-likeness (QED) is 0.351. The van der Waals surface area contributed by atoms with Crippen LogP contribution < -0.4 is 15.0 Å². The lowest BCUT2D eigenvalue weighted by Gasteiger charge is -2.04. The third-order valence-corrected chi connectivity index (χ3v) is 4.63. The fourth-order valence-electron chi connectivity index (χ4n) is 2.94. The number of para-hydroxylation sites is 3. The van der Waals surface area contributed by atoms with Gasteiger partial charge in [0.2, 0.25) is 0 Å². The molecule has 16 heteroatoms. The first-order valence-corrected chi connectivity index (χ1v) is 10.5. The number of carbonyl (C=O) groups is 2. The van der Waals surface area contributed by atoms with Crippen molar-refractivity contribution in [2.45, 2.75) is 31.9 Å². The van der Waals surface area contributed by atoms with Crippen LogP contribution in [0.4, 0.5) is 45.2 Å². The average Bonchev–Trinajstić information content (AvgIpc) is 3.09. The van der Waals surface area contributed by atoms with Gasteiger partial charge >= 0.3 is 30.3 Å². The summed E-state index contributed by atoms with van der Waals surface area (Å²) in [4.78, 5) is 17.7. The number of fused-ring (bicyclic) bond motifs is 1. The number of rotatable bonds is 2. The third kappa shape index (κ3) is 11.1. The highest BCUT2D eigenvalue weighted by molar-refractivity contribution is 5.73. The van der Waals surface area contributed by atoms with E-state index in [1.54, 1.807) is 24.3 Å². The Labute approximate surface area is 216 Å². The van der Waals surface area contributed by atoms with Crippen molar-refractivity contribution < 1.29 is 63.9 Å². The fourth-order valence-corrected chi connectivity index (χ4v) is 2.94. The molecule has 3 aromatic rings. The Kier molecular flexibility index (Phi) is 12.8. The van der Waals surface area contributed by atoms with Crippen LogP contribution in [-0.4, -0.2) is 41.0 Å². The molecule has 218 valence electrons. The molecule has 0 saturated heterocycles. The second kappa shape index (κ2) is 14.2. The molecule has 0 saturated carbocycles. The number of carboxylic acid groups (broad SMARTS) is 2. The molecule has 1 aromatic heterocycles. The molecule has 0 atom stereocenters. The molecule has 0 aliphatic carbocycles. The number of carboxylic acids is 2. The van der Waals surface area contributed by atoms with Crippen molar-refractivity contribution in [1.29, 1.82) is 0 Å². The van der Waals surface area contributed by atoms with Gasteiger partial charge in [-0.1, -0.05) is 37.3 Å². The standard InChI is InChI=1S/C10H10F3N2.C9H13N.2C2HF3O2/c1-14-7-5-3-4-6-8(7)15(2)9(14)10(11,12)13;1-3-8-6-4-5-7-9(8)10-2;2*3-2(4,5)1(6)7/h3-6H,1-2H3;4-7,10H,3H2,1-2H3;2*(H,6,7)/q+1;;;/p-1. The van der Waals surface area contributed by atoms with Crippen LogP contribution in [0.25, 0.3) is 11.0 Å². The number of aromatic nitrogens is 2. The van der Waals surface area contributed by atoms with E-state index in [2.05, 4.69) is 30.4 Å². The number of hydrogen-bond acceptors (Lipinski definition) is 4. The van der Waals surface area contributed by atoms with E-state index >= 15 is 0 Å². The van der Waals surface area contributed by atoms with Gasteiger partial charge in [0.25, 0.3) is 0 Å². The average molecular weight is 577 g/mol. The van der Waals surface area contributed by atoms with Gasteiger partial charge in [-0.3, -0.25) is 0 Å².